The molecule has 1 heterocycles. The summed E-state index contributed by atoms with van der Waals surface area (Å²) in [6.45, 7) is 6.14. The first kappa shape index (κ1) is 10.3. The zero-order valence-electron chi connectivity index (χ0n) is 7.54. The average molecular weight is 200 g/mol. The third-order valence-electron chi connectivity index (χ3n) is 1.62. The normalized spacial score (nSPS) is 10.2. The molecule has 0 bridgehead atoms. The molecular formula is C9H14ClN3. The van der Waals surface area contributed by atoms with Crippen LogP contribution in [0.25, 0.3) is 0 Å². The second kappa shape index (κ2) is 5.78. The Hall–Kier alpha value is -0.800. The lowest BCUT2D eigenvalue weighted by Crippen LogP contribution is -2.18. The molecule has 1 aromatic heterocycles. The van der Waals surface area contributed by atoms with Crippen LogP contribution in [0.2, 0.25) is 0 Å². The highest BCUT2D eigenvalue weighted by molar-refractivity contribution is 6.29. The van der Waals surface area contributed by atoms with Gasteiger partial charge in [0.05, 0.1) is 0 Å². The maximum Gasteiger partial charge on any atom is 0.0489 e. The topological polar surface area (TPSA) is 29.9 Å². The van der Waals surface area contributed by atoms with E-state index in [1.807, 2.05) is 16.9 Å². The maximum atomic E-state index is 5.58. The van der Waals surface area contributed by atoms with Gasteiger partial charge in [0.15, 0.2) is 0 Å². The number of halogens is 1. The highest BCUT2D eigenvalue weighted by Crippen LogP contribution is 1.93. The van der Waals surface area contributed by atoms with Gasteiger partial charge in [0.1, 0.15) is 0 Å². The van der Waals surface area contributed by atoms with Crippen LogP contribution in [0, 0.1) is 0 Å². The van der Waals surface area contributed by atoms with Gasteiger partial charge in [0.2, 0.25) is 0 Å². The van der Waals surface area contributed by atoms with E-state index in [2.05, 4.69) is 17.0 Å². The molecule has 72 valence electrons. The monoisotopic (exact) mass is 199 g/mol. The van der Waals surface area contributed by atoms with Crippen molar-refractivity contribution in [3.8, 4) is 0 Å². The highest BCUT2D eigenvalue weighted by Gasteiger charge is 1.91. The lowest BCUT2D eigenvalue weighted by molar-refractivity contribution is 0.554. The average Bonchev–Trinajstić information content (AvgIpc) is 2.55. The summed E-state index contributed by atoms with van der Waals surface area (Å²) in [5.74, 6) is 0. The number of nitrogens with zero attached hydrogens (tertiary/aromatic N) is 2. The maximum absolute atomic E-state index is 5.58. The second-order valence-corrected chi connectivity index (χ2v) is 3.35. The molecule has 1 aromatic rings. The van der Waals surface area contributed by atoms with Crippen molar-refractivity contribution in [1.82, 2.24) is 15.1 Å². The van der Waals surface area contributed by atoms with Crippen molar-refractivity contribution in [1.29, 1.82) is 0 Å². The summed E-state index contributed by atoms with van der Waals surface area (Å²) >= 11 is 5.58. The molecular weight excluding hydrogens is 186 g/mol. The minimum Gasteiger partial charge on any atom is -0.312 e. The lowest BCUT2D eigenvalue weighted by atomic mass is 10.4. The van der Waals surface area contributed by atoms with Crippen LogP contribution < -0.4 is 5.32 Å². The van der Waals surface area contributed by atoms with Gasteiger partial charge in [0, 0.05) is 30.5 Å². The van der Waals surface area contributed by atoms with E-state index >= 15 is 0 Å². The van der Waals surface area contributed by atoms with Crippen molar-refractivity contribution >= 4 is 11.6 Å². The third-order valence-corrected chi connectivity index (χ3v) is 1.75. The van der Waals surface area contributed by atoms with Crippen molar-refractivity contribution in [3.63, 3.8) is 0 Å². The smallest absolute Gasteiger partial charge is 0.0489 e. The van der Waals surface area contributed by atoms with Crippen LogP contribution >= 0.6 is 11.6 Å². The highest BCUT2D eigenvalue weighted by atomic mass is 35.5. The van der Waals surface area contributed by atoms with E-state index in [1.165, 1.54) is 0 Å². The Balaban J connectivity index is 1.99. The predicted molar refractivity (Wildman–Crippen MR) is 54.7 cm³/mol. The number of nitrogens with one attached hydrogen (secondary N) is 1. The Kier molecular flexibility index (Phi) is 4.57. The van der Waals surface area contributed by atoms with Crippen molar-refractivity contribution in [2.45, 2.75) is 13.0 Å². The fourth-order valence-corrected chi connectivity index (χ4v) is 1.12. The van der Waals surface area contributed by atoms with Gasteiger partial charge in [0.25, 0.3) is 0 Å². The molecule has 0 fully saturated rings. The molecule has 0 amide bonds. The summed E-state index contributed by atoms with van der Waals surface area (Å²) in [7, 11) is 0. The fourth-order valence-electron chi connectivity index (χ4n) is 1.02. The lowest BCUT2D eigenvalue weighted by Gasteiger charge is -2.03. The SMILES string of the molecule is C=C(Cl)CNCCCn1cccn1. The molecule has 0 spiro atoms. The molecule has 0 aliphatic carbocycles. The molecule has 0 saturated carbocycles. The molecule has 1 rings (SSSR count). The van der Waals surface area contributed by atoms with E-state index in [0.717, 1.165) is 19.5 Å². The first-order chi connectivity index (χ1) is 6.29. The number of hydrogen-bond acceptors (Lipinski definition) is 2. The number of aryl methyl sites for hydroxylation is 1. The molecule has 0 saturated heterocycles. The van der Waals surface area contributed by atoms with Gasteiger partial charge >= 0.3 is 0 Å². The van der Waals surface area contributed by atoms with Crippen molar-refractivity contribution in [2.24, 2.45) is 0 Å². The molecule has 0 radical (unpaired) electrons. The van der Waals surface area contributed by atoms with E-state index < -0.39 is 0 Å². The fraction of sp³-hybridized carbons (Fsp3) is 0.444. The standard InChI is InChI=1S/C9H14ClN3/c1-9(10)8-11-4-2-6-13-7-3-5-12-13/h3,5,7,11H,1-2,4,6,8H2. The van der Waals surface area contributed by atoms with Crippen LogP contribution in [-0.2, 0) is 6.54 Å². The molecule has 13 heavy (non-hydrogen) atoms. The molecule has 0 unspecified atom stereocenters. The summed E-state index contributed by atoms with van der Waals surface area (Å²) in [4.78, 5) is 0. The Labute approximate surface area is 83.4 Å². The summed E-state index contributed by atoms with van der Waals surface area (Å²) in [5.41, 5.74) is 0. The number of rotatable bonds is 6. The predicted octanol–water partition coefficient (Wildman–Crippen LogP) is 1.62. The number of hydrogen-bond donors (Lipinski definition) is 1. The second-order valence-electron chi connectivity index (χ2n) is 2.82. The van der Waals surface area contributed by atoms with Crippen LogP contribution in [0.5, 0.6) is 0 Å². The minimum absolute atomic E-state index is 0.652. The summed E-state index contributed by atoms with van der Waals surface area (Å²) in [5, 5.41) is 7.92. The molecule has 0 aliphatic rings. The van der Waals surface area contributed by atoms with E-state index in [4.69, 9.17) is 11.6 Å². The molecule has 0 aliphatic heterocycles. The summed E-state index contributed by atoms with van der Waals surface area (Å²) < 4.78 is 1.91. The first-order valence-corrected chi connectivity index (χ1v) is 4.68. The number of aromatic nitrogens is 2. The van der Waals surface area contributed by atoms with Crippen molar-refractivity contribution in [3.05, 3.63) is 30.1 Å². The molecule has 3 nitrogen and oxygen atoms in total. The summed E-state index contributed by atoms with van der Waals surface area (Å²) in [6.07, 6.45) is 4.79. The Morgan fingerprint density at radius 1 is 1.62 bits per heavy atom. The molecule has 0 aromatic carbocycles. The Morgan fingerprint density at radius 2 is 2.46 bits per heavy atom. The quantitative estimate of drug-likeness (QED) is 0.706. The van der Waals surface area contributed by atoms with Gasteiger partial charge in [-0.25, -0.2) is 0 Å². The zero-order chi connectivity index (χ0) is 9.52. The van der Waals surface area contributed by atoms with Crippen molar-refractivity contribution < 1.29 is 0 Å². The van der Waals surface area contributed by atoms with Gasteiger partial charge in [-0.1, -0.05) is 18.2 Å². The van der Waals surface area contributed by atoms with Gasteiger partial charge in [-0.15, -0.1) is 0 Å². The minimum atomic E-state index is 0.652. The van der Waals surface area contributed by atoms with Gasteiger partial charge in [-0.2, -0.15) is 5.10 Å². The van der Waals surface area contributed by atoms with Crippen LogP contribution in [0.1, 0.15) is 6.42 Å². The molecule has 0 atom stereocenters. The van der Waals surface area contributed by atoms with E-state index in [-0.39, 0.29) is 0 Å². The van der Waals surface area contributed by atoms with Crippen LogP contribution in [0.3, 0.4) is 0 Å². The van der Waals surface area contributed by atoms with Crippen LogP contribution in [0.15, 0.2) is 30.1 Å². The largest absolute Gasteiger partial charge is 0.312 e. The van der Waals surface area contributed by atoms with E-state index in [9.17, 15) is 0 Å². The van der Waals surface area contributed by atoms with Gasteiger partial charge < -0.3 is 5.32 Å². The zero-order valence-corrected chi connectivity index (χ0v) is 8.30. The van der Waals surface area contributed by atoms with Gasteiger partial charge in [-0.05, 0) is 19.0 Å². The van der Waals surface area contributed by atoms with Crippen molar-refractivity contribution in [2.75, 3.05) is 13.1 Å². The summed E-state index contributed by atoms with van der Waals surface area (Å²) in [6, 6.07) is 1.92. The Morgan fingerprint density at radius 3 is 3.08 bits per heavy atom. The Bertz CT molecular complexity index is 243. The molecule has 4 heteroatoms. The van der Waals surface area contributed by atoms with E-state index in [1.54, 1.807) is 6.20 Å². The van der Waals surface area contributed by atoms with Gasteiger partial charge in [-0.3, -0.25) is 4.68 Å². The third kappa shape index (κ3) is 4.70. The first-order valence-electron chi connectivity index (χ1n) is 4.30. The molecule has 1 N–H and O–H groups in total. The van der Waals surface area contributed by atoms with E-state index in [0.29, 0.717) is 11.6 Å². The van der Waals surface area contributed by atoms with Crippen LogP contribution in [0.4, 0.5) is 0 Å². The van der Waals surface area contributed by atoms with Crippen LogP contribution in [-0.4, -0.2) is 22.9 Å².